The van der Waals surface area contributed by atoms with Crippen LogP contribution < -0.4 is 0 Å². The molecule has 16 heavy (non-hydrogen) atoms. The van der Waals surface area contributed by atoms with E-state index < -0.39 is 0 Å². The first kappa shape index (κ1) is 11.8. The summed E-state index contributed by atoms with van der Waals surface area (Å²) in [4.78, 5) is 4.50. The van der Waals surface area contributed by atoms with E-state index in [1.165, 1.54) is 16.0 Å². The third kappa shape index (κ3) is 1.94. The molecule has 0 saturated heterocycles. The molecular weight excluding hydrogens is 418 g/mol. The molecule has 0 atom stereocenters. The topological polar surface area (TPSA) is 38.7 Å². The van der Waals surface area contributed by atoms with E-state index in [9.17, 15) is 0 Å². The fourth-order valence-electron chi connectivity index (χ4n) is 1.45. The summed E-state index contributed by atoms with van der Waals surface area (Å²) in [6, 6.07) is 7.12. The Labute approximate surface area is 114 Å². The van der Waals surface area contributed by atoms with Gasteiger partial charge >= 0.3 is 0 Å². The molecule has 0 fully saturated rings. The van der Waals surface area contributed by atoms with Crippen molar-refractivity contribution in [3.63, 3.8) is 0 Å². The molecule has 1 radical (unpaired) electrons. The number of nitrogens with zero attached hydrogens (tertiary/aromatic N) is 3. The second-order valence-corrected chi connectivity index (χ2v) is 5.11. The molecule has 0 aliphatic heterocycles. The number of hydrogen-bond acceptors (Lipinski definition) is 5. The molecule has 3 nitrogen and oxygen atoms in total. The third-order valence-electron chi connectivity index (χ3n) is 2.03. The van der Waals surface area contributed by atoms with E-state index in [1.807, 2.05) is 19.1 Å². The molecule has 3 rings (SSSR count). The number of benzene rings is 1. The third-order valence-corrected chi connectivity index (χ3v) is 3.68. The van der Waals surface area contributed by atoms with Crippen molar-refractivity contribution in [2.24, 2.45) is 0 Å². The van der Waals surface area contributed by atoms with Gasteiger partial charge in [-0.25, -0.2) is 0 Å². The quantitative estimate of drug-likeness (QED) is 0.564. The Morgan fingerprint density at radius 3 is 3.00 bits per heavy atom. The van der Waals surface area contributed by atoms with Crippen LogP contribution in [0.15, 0.2) is 17.6 Å². The van der Waals surface area contributed by atoms with Crippen molar-refractivity contribution in [3.8, 4) is 10.6 Å². The van der Waals surface area contributed by atoms with Crippen LogP contribution in [0.2, 0.25) is 0 Å². The summed E-state index contributed by atoms with van der Waals surface area (Å²) in [5.41, 5.74) is 3.66. The summed E-state index contributed by atoms with van der Waals surface area (Å²) in [6.45, 7) is 2.01. The number of aryl methyl sites for hydroxylation is 1. The first-order chi connectivity index (χ1) is 7.34. The maximum absolute atomic E-state index is 4.50. The van der Waals surface area contributed by atoms with Gasteiger partial charge in [0.25, 0.3) is 0 Å². The normalized spacial score (nSPS) is 10.3. The molecule has 0 aliphatic carbocycles. The summed E-state index contributed by atoms with van der Waals surface area (Å²) in [5, 5.41) is 9.83. The Kier molecular flexibility index (Phi) is 3.44. The van der Waals surface area contributed by atoms with E-state index in [0.717, 1.165) is 21.1 Å². The van der Waals surface area contributed by atoms with E-state index in [2.05, 4.69) is 21.2 Å². The zero-order valence-electron chi connectivity index (χ0n) is 8.22. The van der Waals surface area contributed by atoms with Gasteiger partial charge in [-0.1, -0.05) is 5.56 Å². The molecule has 1 aromatic carbocycles. The Morgan fingerprint density at radius 1 is 1.38 bits per heavy atom. The van der Waals surface area contributed by atoms with E-state index in [1.54, 1.807) is 16.8 Å². The molecule has 83 valence electrons. The van der Waals surface area contributed by atoms with Crippen molar-refractivity contribution in [2.75, 3.05) is 0 Å². The summed E-state index contributed by atoms with van der Waals surface area (Å²) < 4.78 is 1.18. The van der Waals surface area contributed by atoms with Crippen LogP contribution in [-0.2, 0) is 20.1 Å². The van der Waals surface area contributed by atoms with E-state index in [-0.39, 0.29) is 20.1 Å². The van der Waals surface area contributed by atoms with Crippen molar-refractivity contribution in [2.45, 2.75) is 6.92 Å². The van der Waals surface area contributed by atoms with Crippen molar-refractivity contribution >= 4 is 32.9 Å². The first-order valence-electron chi connectivity index (χ1n) is 4.39. The van der Waals surface area contributed by atoms with Crippen LogP contribution in [0, 0.1) is 13.0 Å². The average molecular weight is 425 g/mol. The molecular formula is C10H6IrN3S2-. The minimum Gasteiger partial charge on any atom is -0.290 e. The summed E-state index contributed by atoms with van der Waals surface area (Å²) in [6.07, 6.45) is 0. The predicted molar refractivity (Wildman–Crippen MR) is 62.1 cm³/mol. The van der Waals surface area contributed by atoms with Gasteiger partial charge in [0.05, 0.1) is 15.5 Å². The SMILES string of the molecule is Cc1nc2c(-c3nncs3)[c-]ccc2s1.[Ir]. The van der Waals surface area contributed by atoms with Crippen molar-refractivity contribution in [1.29, 1.82) is 0 Å². The molecule has 0 unspecified atom stereocenters. The van der Waals surface area contributed by atoms with Crippen LogP contribution in [0.5, 0.6) is 0 Å². The van der Waals surface area contributed by atoms with Gasteiger partial charge in [0.15, 0.2) is 0 Å². The second-order valence-electron chi connectivity index (χ2n) is 3.04. The fraction of sp³-hybridized carbons (Fsp3) is 0.100. The van der Waals surface area contributed by atoms with Gasteiger partial charge in [-0.15, -0.1) is 29.5 Å². The van der Waals surface area contributed by atoms with Crippen LogP contribution in [-0.4, -0.2) is 15.2 Å². The molecule has 2 heterocycles. The standard InChI is InChI=1S/C10H6N3S2.Ir/c1-6-12-9-7(10-13-11-5-14-10)3-2-4-8(9)15-6;/h2,4-5H,1H3;/q-1;. The monoisotopic (exact) mass is 425 g/mol. The van der Waals surface area contributed by atoms with E-state index in [0.29, 0.717) is 0 Å². The Hall–Kier alpha value is -0.681. The average Bonchev–Trinajstić information content (AvgIpc) is 2.82. The maximum Gasteiger partial charge on any atom is 0.0938 e. The summed E-state index contributed by atoms with van der Waals surface area (Å²) in [5.74, 6) is 0. The molecule has 2 aromatic heterocycles. The molecule has 0 amide bonds. The van der Waals surface area contributed by atoms with E-state index >= 15 is 0 Å². The Bertz CT molecular complexity index is 604. The van der Waals surface area contributed by atoms with Crippen LogP contribution in [0.25, 0.3) is 20.8 Å². The van der Waals surface area contributed by atoms with Gasteiger partial charge in [0.1, 0.15) is 0 Å². The predicted octanol–water partition coefficient (Wildman–Crippen LogP) is 2.92. The van der Waals surface area contributed by atoms with Crippen LogP contribution >= 0.6 is 22.7 Å². The van der Waals surface area contributed by atoms with Crippen LogP contribution in [0.3, 0.4) is 0 Å². The second kappa shape index (κ2) is 4.67. The molecule has 6 heteroatoms. The number of rotatable bonds is 1. The maximum atomic E-state index is 4.50. The minimum atomic E-state index is 0. The van der Waals surface area contributed by atoms with Gasteiger partial charge in [-0.2, -0.15) is 21.5 Å². The Morgan fingerprint density at radius 2 is 2.25 bits per heavy atom. The van der Waals surface area contributed by atoms with Gasteiger partial charge in [-0.3, -0.25) is 4.98 Å². The zero-order chi connectivity index (χ0) is 10.3. The van der Waals surface area contributed by atoms with Gasteiger partial charge in [0, 0.05) is 25.6 Å². The number of fused-ring (bicyclic) bond motifs is 1. The number of hydrogen-bond donors (Lipinski definition) is 0. The first-order valence-corrected chi connectivity index (χ1v) is 6.08. The molecule has 3 aromatic rings. The fourth-order valence-corrected chi connectivity index (χ4v) is 2.85. The molecule has 0 bridgehead atoms. The van der Waals surface area contributed by atoms with Gasteiger partial charge in [-0.05, 0) is 11.6 Å². The smallest absolute Gasteiger partial charge is 0.0938 e. The van der Waals surface area contributed by atoms with Crippen LogP contribution in [0.4, 0.5) is 0 Å². The molecule has 0 N–H and O–H groups in total. The van der Waals surface area contributed by atoms with Crippen LogP contribution in [0.1, 0.15) is 5.01 Å². The van der Waals surface area contributed by atoms with Crippen molar-refractivity contribution in [1.82, 2.24) is 15.2 Å². The van der Waals surface area contributed by atoms with Crippen molar-refractivity contribution in [3.05, 3.63) is 28.7 Å². The largest absolute Gasteiger partial charge is 0.290 e. The van der Waals surface area contributed by atoms with E-state index in [4.69, 9.17) is 0 Å². The van der Waals surface area contributed by atoms with Gasteiger partial charge in [0.2, 0.25) is 0 Å². The molecule has 0 spiro atoms. The summed E-state index contributed by atoms with van der Waals surface area (Å²) in [7, 11) is 0. The van der Waals surface area contributed by atoms with Crippen molar-refractivity contribution < 1.29 is 20.1 Å². The minimum absolute atomic E-state index is 0. The number of thiazole rings is 1. The molecule has 0 aliphatic rings. The Balaban J connectivity index is 0.000000963. The zero-order valence-corrected chi connectivity index (χ0v) is 12.3. The van der Waals surface area contributed by atoms with Gasteiger partial charge < -0.3 is 0 Å². The molecule has 0 saturated carbocycles. The summed E-state index contributed by atoms with van der Waals surface area (Å²) >= 11 is 3.20. The number of aromatic nitrogens is 3.